The highest BCUT2D eigenvalue weighted by molar-refractivity contribution is 7.87. The molecule has 0 aliphatic heterocycles. The minimum absolute atomic E-state index is 0.336. The first-order valence-electron chi connectivity index (χ1n) is 25.7. The summed E-state index contributed by atoms with van der Waals surface area (Å²) in [4.78, 5) is 22.8. The second kappa shape index (κ2) is 48.2. The second-order valence-corrected chi connectivity index (χ2v) is 19.3. The summed E-state index contributed by atoms with van der Waals surface area (Å²) < 4.78 is 122. The maximum Gasteiger partial charge on any atom is 0.523 e. The normalized spacial score (nSPS) is 11.2. The first kappa shape index (κ1) is 76.8. The van der Waals surface area contributed by atoms with Crippen LogP contribution in [0.3, 0.4) is 0 Å². The van der Waals surface area contributed by atoms with Crippen LogP contribution in [0.25, 0.3) is 31.3 Å². The number of nitrogens with zero attached hydrogens (tertiary/aromatic N) is 15. The van der Waals surface area contributed by atoms with Gasteiger partial charge < -0.3 is 66.2 Å². The summed E-state index contributed by atoms with van der Waals surface area (Å²) >= 11 is 0. The number of anilines is 1. The number of hydrogen-bond acceptors (Lipinski definition) is 22. The molecule has 30 nitrogen and oxygen atoms in total. The summed E-state index contributed by atoms with van der Waals surface area (Å²) in [5, 5.41) is 10.1. The Morgan fingerprint density at radius 3 is 1.08 bits per heavy atom. The number of rotatable bonds is 43. The molecule has 3 rings (SSSR count). The first-order valence-corrected chi connectivity index (χ1v) is 27.1. The zero-order valence-corrected chi connectivity index (χ0v) is 49.6. The van der Waals surface area contributed by atoms with Crippen molar-refractivity contribution >= 4 is 27.6 Å². The molecule has 0 N–H and O–H groups in total. The van der Waals surface area contributed by atoms with Crippen molar-refractivity contribution in [3.63, 3.8) is 0 Å². The van der Waals surface area contributed by atoms with Crippen LogP contribution in [0.15, 0.2) is 70.3 Å². The van der Waals surface area contributed by atoms with Gasteiger partial charge in [-0.25, -0.2) is 15.0 Å². The van der Waals surface area contributed by atoms with E-state index >= 15 is 0 Å². The summed E-state index contributed by atoms with van der Waals surface area (Å²) in [6.07, 6.45) is 5.22. The van der Waals surface area contributed by atoms with Gasteiger partial charge in [0.15, 0.2) is 17.3 Å². The third-order valence-corrected chi connectivity index (χ3v) is 10.3. The van der Waals surface area contributed by atoms with Crippen LogP contribution >= 0.6 is 0 Å². The highest BCUT2D eigenvalue weighted by Gasteiger charge is 2.46. The molecule has 34 heteroatoms. The number of ether oxygens (including phenoxy) is 12. The number of pyridine rings is 3. The van der Waals surface area contributed by atoms with Gasteiger partial charge in [0.1, 0.15) is 19.8 Å². The molecule has 0 aliphatic carbocycles. The molecular weight excluding hydrogens is 1130 g/mol. The minimum atomic E-state index is -5.34. The van der Waals surface area contributed by atoms with E-state index in [0.717, 1.165) is 29.0 Å². The van der Waals surface area contributed by atoms with Gasteiger partial charge in [-0.3, -0.25) is 8.67 Å². The van der Waals surface area contributed by atoms with Crippen LogP contribution in [-0.2, 0) is 56.9 Å². The van der Waals surface area contributed by atoms with Gasteiger partial charge in [-0.2, -0.15) is 21.6 Å². The highest BCUT2D eigenvalue weighted by atomic mass is 32.2. The molecule has 0 amide bonds. The Bertz CT molecular complexity index is 2280. The van der Waals surface area contributed by atoms with Crippen LogP contribution in [0.4, 0.5) is 30.6 Å². The van der Waals surface area contributed by atoms with Crippen molar-refractivity contribution < 1.29 is 82.6 Å². The van der Waals surface area contributed by atoms with Crippen molar-refractivity contribution in [3.05, 3.63) is 93.4 Å². The molecule has 3 aromatic heterocycles. The Balaban J connectivity index is 0.00000113. The topological polar surface area (TPSA) is 342 Å². The Hall–Kier alpha value is -6.16. The summed E-state index contributed by atoms with van der Waals surface area (Å²) in [7, 11) is 13.0. The van der Waals surface area contributed by atoms with Gasteiger partial charge in [-0.1, -0.05) is 15.3 Å². The van der Waals surface area contributed by atoms with Crippen molar-refractivity contribution in [1.82, 2.24) is 23.9 Å². The molecule has 3 aromatic rings. The fraction of sp³-hybridized carbons (Fsp3) is 0.673. The molecule has 0 spiro atoms. The molecule has 3 heterocycles. The number of halogens is 3. The predicted molar refractivity (Wildman–Crippen MR) is 303 cm³/mol. The van der Waals surface area contributed by atoms with Crippen LogP contribution < -0.4 is 28.1 Å². The molecule has 0 radical (unpaired) electrons. The van der Waals surface area contributed by atoms with E-state index in [1.54, 1.807) is 18.6 Å². The van der Waals surface area contributed by atoms with Gasteiger partial charge in [0.25, 0.3) is 5.82 Å². The summed E-state index contributed by atoms with van der Waals surface area (Å²) in [5.74, 6) is 4.66. The predicted octanol–water partition coefficient (Wildman–Crippen LogP) is 6.57. The largest absolute Gasteiger partial charge is 0.523 e. The Morgan fingerprint density at radius 2 is 0.795 bits per heavy atom. The Kier molecular flexibility index (Phi) is 44.7. The third kappa shape index (κ3) is 41.5. The SMILES string of the molecule is CN(C)c1ncccc1OCCOCCOCCOCCN=[N+]=[N-].COS(=O)(=O)C(F)(F)F.C[N+](C)(C)c1ncccc1OCCOCCOCCOCCN=[N+]=[N-].[CH2-][N+](C)(C)c1ncccc1OCCOCCOCCOCCN=[N+]=[N-]. The molecule has 0 saturated carbocycles. The van der Waals surface area contributed by atoms with Gasteiger partial charge in [0.05, 0.1) is 147 Å². The standard InChI is InChI=1S/C16H28N5O4.C16H27N5O4.C15H25N5O4.C2H3F3O3S/c2*1-21(2,3)16-15(5-4-6-18-16)25-14-13-24-12-11-23-10-9-22-8-7-19-20-17;1-20(2)15-14(4-3-5-17-15)24-13-12-23-11-10-22-9-8-21-7-6-18-19-16;1-8-9(6,7)2(3,4)5/h4-6H,7-14H2,1-3H3;4-6H,1,7-14H2,2-3H3;3-5H,6-13H2,1-2H3;1H3/q+1;;;. The number of aromatic nitrogens is 3. The average molecular weight is 1210 g/mol. The molecule has 0 saturated heterocycles. The van der Waals surface area contributed by atoms with E-state index < -0.39 is 15.6 Å². The van der Waals surface area contributed by atoms with Crippen molar-refractivity contribution in [2.75, 3.05) is 220 Å². The lowest BCUT2D eigenvalue weighted by atomic mass is 10.4. The second-order valence-electron chi connectivity index (χ2n) is 17.6. The maximum absolute atomic E-state index is 11.1. The molecular formula is C49H83F3N15O15S+. The van der Waals surface area contributed by atoms with E-state index in [-0.39, 0.29) is 0 Å². The van der Waals surface area contributed by atoms with Crippen LogP contribution in [0, 0.1) is 7.05 Å². The zero-order valence-electron chi connectivity index (χ0n) is 48.7. The van der Waals surface area contributed by atoms with Gasteiger partial charge in [0.2, 0.25) is 11.6 Å². The quantitative estimate of drug-likeness (QED) is 0.00845. The molecule has 0 unspecified atom stereocenters. The lowest BCUT2D eigenvalue weighted by Gasteiger charge is -2.31. The monoisotopic (exact) mass is 1210 g/mol. The van der Waals surface area contributed by atoms with Crippen LogP contribution in [0.5, 0.6) is 17.2 Å². The van der Waals surface area contributed by atoms with Gasteiger partial charge >= 0.3 is 15.6 Å². The Labute approximate surface area is 484 Å². The van der Waals surface area contributed by atoms with Crippen molar-refractivity contribution in [1.29, 1.82) is 0 Å². The molecule has 0 aromatic carbocycles. The van der Waals surface area contributed by atoms with E-state index in [2.05, 4.69) is 56.3 Å². The van der Waals surface area contributed by atoms with Gasteiger partial charge in [0, 0.05) is 81.2 Å². The molecule has 0 atom stereocenters. The van der Waals surface area contributed by atoms with Crippen LogP contribution in [0.1, 0.15) is 0 Å². The fourth-order valence-electron chi connectivity index (χ4n) is 5.58. The summed E-state index contributed by atoms with van der Waals surface area (Å²) in [6, 6.07) is 11.2. The number of hydrogen-bond donors (Lipinski definition) is 0. The summed E-state index contributed by atoms with van der Waals surface area (Å²) in [6.45, 7) is 10.8. The Morgan fingerprint density at radius 1 is 0.506 bits per heavy atom. The number of azide groups is 3. The molecule has 0 aliphatic rings. The zero-order chi connectivity index (χ0) is 61.9. The highest BCUT2D eigenvalue weighted by Crippen LogP contribution is 2.28. The number of quaternary nitrogens is 2. The smallest absolute Gasteiger partial charge is 0.487 e. The van der Waals surface area contributed by atoms with E-state index in [1.807, 2.05) is 90.6 Å². The molecule has 0 bridgehead atoms. The van der Waals surface area contributed by atoms with Crippen molar-refractivity contribution in [3.8, 4) is 17.2 Å². The van der Waals surface area contributed by atoms with E-state index in [4.69, 9.17) is 73.4 Å². The lowest BCUT2D eigenvalue weighted by Crippen LogP contribution is -2.36. The van der Waals surface area contributed by atoms with E-state index in [0.29, 0.717) is 180 Å². The minimum Gasteiger partial charge on any atom is -0.487 e. The maximum atomic E-state index is 11.1. The van der Waals surface area contributed by atoms with Crippen LogP contribution in [0.2, 0.25) is 0 Å². The summed E-state index contributed by atoms with van der Waals surface area (Å²) in [5.41, 5.74) is 19.0. The van der Waals surface area contributed by atoms with Crippen molar-refractivity contribution in [2.45, 2.75) is 5.51 Å². The van der Waals surface area contributed by atoms with Gasteiger partial charge in [-0.05, 0) is 53.0 Å². The average Bonchev–Trinajstić information content (AvgIpc) is 3.50. The molecule has 470 valence electrons. The van der Waals surface area contributed by atoms with Gasteiger partial charge in [-0.15, -0.1) is 7.05 Å². The van der Waals surface area contributed by atoms with Crippen molar-refractivity contribution in [2.24, 2.45) is 15.3 Å². The van der Waals surface area contributed by atoms with E-state index in [1.165, 1.54) is 0 Å². The lowest BCUT2D eigenvalue weighted by molar-refractivity contribution is -0.0526. The fourth-order valence-corrected chi connectivity index (χ4v) is 5.77. The van der Waals surface area contributed by atoms with Crippen LogP contribution in [-0.4, -0.2) is 244 Å². The molecule has 83 heavy (non-hydrogen) atoms. The van der Waals surface area contributed by atoms with E-state index in [9.17, 15) is 21.6 Å². The first-order chi connectivity index (χ1) is 39.7. The third-order valence-electron chi connectivity index (χ3n) is 9.27. The number of alkyl halides is 3. The molecule has 0 fully saturated rings.